The Morgan fingerprint density at radius 2 is 1.92 bits per heavy atom. The third-order valence-corrected chi connectivity index (χ3v) is 1.88. The normalized spacial score (nSPS) is 11.8. The van der Waals surface area contributed by atoms with Gasteiger partial charge in [-0.25, -0.2) is 0 Å². The molecule has 0 atom stereocenters. The number of likely N-dealkylation sites (N-methyl/N-ethyl adjacent to an activating group) is 1. The van der Waals surface area contributed by atoms with Crippen molar-refractivity contribution in [2.24, 2.45) is 0 Å². The summed E-state index contributed by atoms with van der Waals surface area (Å²) in [4.78, 5) is 12.6. The van der Waals surface area contributed by atoms with Gasteiger partial charge in [0.2, 0.25) is 0 Å². The zero-order chi connectivity index (χ0) is 9.78. The third kappa shape index (κ3) is 5.13. The minimum atomic E-state index is -0.211. The van der Waals surface area contributed by atoms with Crippen molar-refractivity contribution in [1.82, 2.24) is 4.90 Å². The van der Waals surface area contributed by atoms with E-state index in [0.29, 0.717) is 6.61 Å². The van der Waals surface area contributed by atoms with Gasteiger partial charge in [0.15, 0.2) is 0 Å². The summed E-state index contributed by atoms with van der Waals surface area (Å²) in [5.74, 6) is -0.211. The lowest BCUT2D eigenvalue weighted by molar-refractivity contribution is -0.141. The number of nitrogens with zero attached hydrogens (tertiary/aromatic N) is 1. The van der Waals surface area contributed by atoms with Gasteiger partial charge < -0.3 is 4.74 Å². The summed E-state index contributed by atoms with van der Waals surface area (Å²) in [7, 11) is 2.02. The topological polar surface area (TPSA) is 29.5 Å². The first-order valence-electron chi connectivity index (χ1n) is 4.18. The van der Waals surface area contributed by atoms with Crippen molar-refractivity contribution in [1.29, 1.82) is 0 Å². The fraction of sp³-hybridized carbons (Fsp3) is 0.889. The molecule has 0 amide bonds. The summed E-state index contributed by atoms with van der Waals surface area (Å²) in [6.07, 6.45) is 0. The van der Waals surface area contributed by atoms with Gasteiger partial charge >= 0.3 is 5.97 Å². The predicted octanol–water partition coefficient (Wildman–Crippen LogP) is 1.28. The van der Waals surface area contributed by atoms with Crippen LogP contribution in [0.2, 0.25) is 0 Å². The maximum absolute atomic E-state index is 10.4. The molecule has 72 valence electrons. The van der Waals surface area contributed by atoms with Gasteiger partial charge in [-0.15, -0.1) is 0 Å². The van der Waals surface area contributed by atoms with Crippen LogP contribution in [-0.4, -0.2) is 36.6 Å². The highest BCUT2D eigenvalue weighted by atomic mass is 16.5. The van der Waals surface area contributed by atoms with Crippen LogP contribution in [0.15, 0.2) is 0 Å². The molecule has 0 saturated heterocycles. The van der Waals surface area contributed by atoms with E-state index in [1.165, 1.54) is 6.92 Å². The molecule has 0 unspecified atom stereocenters. The molecular formula is C9H19NO2. The summed E-state index contributed by atoms with van der Waals surface area (Å²) in [6.45, 7) is 9.06. The van der Waals surface area contributed by atoms with Crippen LogP contribution in [0.25, 0.3) is 0 Å². The Morgan fingerprint density at radius 1 is 1.42 bits per heavy atom. The second-order valence-corrected chi connectivity index (χ2v) is 3.93. The van der Waals surface area contributed by atoms with Crippen molar-refractivity contribution in [3.05, 3.63) is 0 Å². The predicted molar refractivity (Wildman–Crippen MR) is 49.0 cm³/mol. The first-order chi connectivity index (χ1) is 5.34. The quantitative estimate of drug-likeness (QED) is 0.602. The molecule has 0 aliphatic rings. The molecule has 0 aromatic carbocycles. The van der Waals surface area contributed by atoms with Crippen LogP contribution in [0.3, 0.4) is 0 Å². The third-order valence-electron chi connectivity index (χ3n) is 1.88. The Bertz CT molecular complexity index is 149. The Morgan fingerprint density at radius 3 is 2.25 bits per heavy atom. The maximum Gasteiger partial charge on any atom is 0.302 e. The molecule has 0 N–H and O–H groups in total. The molecular weight excluding hydrogens is 154 g/mol. The number of ether oxygens (including phenoxy) is 1. The van der Waals surface area contributed by atoms with Gasteiger partial charge in [-0.1, -0.05) is 0 Å². The van der Waals surface area contributed by atoms with Gasteiger partial charge in [0.05, 0.1) is 0 Å². The average molecular weight is 173 g/mol. The molecule has 0 radical (unpaired) electrons. The largest absolute Gasteiger partial charge is 0.465 e. The average Bonchev–Trinajstić information content (AvgIpc) is 1.84. The molecule has 0 bridgehead atoms. The molecule has 0 rings (SSSR count). The highest BCUT2D eigenvalue weighted by molar-refractivity contribution is 5.65. The van der Waals surface area contributed by atoms with Gasteiger partial charge in [0.25, 0.3) is 0 Å². The molecule has 0 aromatic heterocycles. The van der Waals surface area contributed by atoms with Gasteiger partial charge in [-0.3, -0.25) is 9.69 Å². The van der Waals surface area contributed by atoms with E-state index in [4.69, 9.17) is 4.74 Å². The van der Waals surface area contributed by atoms with Crippen LogP contribution in [0, 0.1) is 0 Å². The molecule has 0 heterocycles. The van der Waals surface area contributed by atoms with E-state index < -0.39 is 0 Å². The van der Waals surface area contributed by atoms with E-state index in [0.717, 1.165) is 6.54 Å². The molecule has 12 heavy (non-hydrogen) atoms. The molecule has 0 spiro atoms. The number of carbonyl (C=O) groups excluding carboxylic acids is 1. The van der Waals surface area contributed by atoms with Crippen molar-refractivity contribution in [3.8, 4) is 0 Å². The van der Waals surface area contributed by atoms with E-state index in [9.17, 15) is 4.79 Å². The second-order valence-electron chi connectivity index (χ2n) is 3.93. The number of carbonyl (C=O) groups is 1. The van der Waals surface area contributed by atoms with Crippen LogP contribution in [0.1, 0.15) is 27.7 Å². The number of hydrogen-bond acceptors (Lipinski definition) is 3. The van der Waals surface area contributed by atoms with E-state index in [2.05, 4.69) is 25.7 Å². The number of rotatable bonds is 3. The minimum Gasteiger partial charge on any atom is -0.465 e. The standard InChI is InChI=1S/C9H19NO2/c1-8(11)12-7-6-10(5)9(2,3)4/h6-7H2,1-5H3. The van der Waals surface area contributed by atoms with Crippen LogP contribution in [0.5, 0.6) is 0 Å². The maximum atomic E-state index is 10.4. The van der Waals surface area contributed by atoms with Crippen molar-refractivity contribution < 1.29 is 9.53 Å². The lowest BCUT2D eigenvalue weighted by Crippen LogP contribution is -2.40. The lowest BCUT2D eigenvalue weighted by atomic mass is 10.1. The zero-order valence-electron chi connectivity index (χ0n) is 8.68. The van der Waals surface area contributed by atoms with Crippen molar-refractivity contribution in [2.45, 2.75) is 33.2 Å². The van der Waals surface area contributed by atoms with E-state index in [-0.39, 0.29) is 11.5 Å². The monoisotopic (exact) mass is 173 g/mol. The zero-order valence-corrected chi connectivity index (χ0v) is 8.68. The van der Waals surface area contributed by atoms with Crippen LogP contribution in [0.4, 0.5) is 0 Å². The Labute approximate surface area is 74.7 Å². The second kappa shape index (κ2) is 4.45. The highest BCUT2D eigenvalue weighted by Crippen LogP contribution is 2.08. The SMILES string of the molecule is CC(=O)OCCN(C)C(C)(C)C. The summed E-state index contributed by atoms with van der Waals surface area (Å²) < 4.78 is 4.83. The summed E-state index contributed by atoms with van der Waals surface area (Å²) >= 11 is 0. The Hall–Kier alpha value is -0.570. The van der Waals surface area contributed by atoms with Gasteiger partial charge in [0.1, 0.15) is 6.61 Å². The van der Waals surface area contributed by atoms with Gasteiger partial charge in [-0.05, 0) is 27.8 Å². The van der Waals surface area contributed by atoms with Crippen molar-refractivity contribution >= 4 is 5.97 Å². The fourth-order valence-corrected chi connectivity index (χ4v) is 0.662. The summed E-state index contributed by atoms with van der Waals surface area (Å²) in [5, 5.41) is 0. The minimum absolute atomic E-state index is 0.139. The number of esters is 1. The van der Waals surface area contributed by atoms with E-state index in [1.54, 1.807) is 0 Å². The smallest absolute Gasteiger partial charge is 0.302 e. The lowest BCUT2D eigenvalue weighted by Gasteiger charge is -2.31. The summed E-state index contributed by atoms with van der Waals surface area (Å²) in [6, 6.07) is 0. The van der Waals surface area contributed by atoms with Crippen LogP contribution < -0.4 is 0 Å². The number of hydrogen-bond donors (Lipinski definition) is 0. The van der Waals surface area contributed by atoms with E-state index in [1.807, 2.05) is 7.05 Å². The first-order valence-corrected chi connectivity index (χ1v) is 4.18. The molecule has 0 saturated carbocycles. The molecule has 0 aromatic rings. The molecule has 3 nitrogen and oxygen atoms in total. The molecule has 0 aliphatic heterocycles. The van der Waals surface area contributed by atoms with Crippen molar-refractivity contribution in [2.75, 3.05) is 20.2 Å². The van der Waals surface area contributed by atoms with E-state index >= 15 is 0 Å². The molecule has 0 fully saturated rings. The Kier molecular flexibility index (Phi) is 4.24. The van der Waals surface area contributed by atoms with Crippen LogP contribution >= 0.6 is 0 Å². The van der Waals surface area contributed by atoms with Gasteiger partial charge in [0, 0.05) is 19.0 Å². The Balaban J connectivity index is 3.58. The van der Waals surface area contributed by atoms with Crippen molar-refractivity contribution in [3.63, 3.8) is 0 Å². The molecule has 0 aliphatic carbocycles. The van der Waals surface area contributed by atoms with Crippen LogP contribution in [-0.2, 0) is 9.53 Å². The first kappa shape index (κ1) is 11.4. The highest BCUT2D eigenvalue weighted by Gasteiger charge is 2.16. The molecule has 3 heteroatoms. The summed E-state index contributed by atoms with van der Waals surface area (Å²) in [5.41, 5.74) is 0.139. The fourth-order valence-electron chi connectivity index (χ4n) is 0.662. The van der Waals surface area contributed by atoms with Gasteiger partial charge in [-0.2, -0.15) is 0 Å².